The Balaban J connectivity index is 1.49. The van der Waals surface area contributed by atoms with E-state index in [4.69, 9.17) is 4.74 Å². The number of thioether (sulfide) groups is 1. The molecule has 27 heavy (non-hydrogen) atoms. The summed E-state index contributed by atoms with van der Waals surface area (Å²) in [7, 11) is 0. The molecule has 3 rings (SSSR count). The lowest BCUT2D eigenvalue weighted by Gasteiger charge is -2.29. The summed E-state index contributed by atoms with van der Waals surface area (Å²) in [4.78, 5) is 14.8. The summed E-state index contributed by atoms with van der Waals surface area (Å²) in [5.74, 6) is 0.929. The molecule has 0 saturated carbocycles. The summed E-state index contributed by atoms with van der Waals surface area (Å²) >= 11 is 1.67. The van der Waals surface area contributed by atoms with Crippen LogP contribution >= 0.6 is 11.8 Å². The van der Waals surface area contributed by atoms with Crippen LogP contribution in [-0.2, 0) is 15.3 Å². The third kappa shape index (κ3) is 5.75. The van der Waals surface area contributed by atoms with Gasteiger partial charge in [0.05, 0.1) is 24.5 Å². The van der Waals surface area contributed by atoms with E-state index in [9.17, 15) is 4.79 Å². The summed E-state index contributed by atoms with van der Waals surface area (Å²) in [6.07, 6.45) is 0. The van der Waals surface area contributed by atoms with E-state index in [1.54, 1.807) is 11.8 Å². The first-order chi connectivity index (χ1) is 13.1. The number of carbonyl (C=O) groups excluding carboxylic acids is 1. The lowest BCUT2D eigenvalue weighted by molar-refractivity contribution is -0.120. The monoisotopic (exact) mass is 384 g/mol. The summed E-state index contributed by atoms with van der Waals surface area (Å²) in [6.45, 7) is 7.44. The van der Waals surface area contributed by atoms with Crippen molar-refractivity contribution in [2.24, 2.45) is 0 Å². The van der Waals surface area contributed by atoms with Crippen LogP contribution in [0.4, 0.5) is 5.69 Å². The van der Waals surface area contributed by atoms with Gasteiger partial charge in [0.25, 0.3) is 0 Å². The molecule has 2 atom stereocenters. The number of hydrogen-bond acceptors (Lipinski definition) is 4. The molecule has 5 heteroatoms. The largest absolute Gasteiger partial charge is 0.378 e. The Kier molecular flexibility index (Phi) is 7.18. The standard InChI is InChI=1S/C22H28N2O2S/c1-17(20-8-10-21(11-9-20)24-12-14-26-15-13-24)23-22(25)18(2)27-16-19-6-4-3-5-7-19/h3-11,17-18H,12-16H2,1-2H3,(H,23,25). The molecule has 144 valence electrons. The summed E-state index contributed by atoms with van der Waals surface area (Å²) < 4.78 is 5.41. The lowest BCUT2D eigenvalue weighted by Crippen LogP contribution is -2.36. The van der Waals surface area contributed by atoms with Gasteiger partial charge in [-0.25, -0.2) is 0 Å². The number of carbonyl (C=O) groups is 1. The SMILES string of the molecule is CC(SCc1ccccc1)C(=O)NC(C)c1ccc(N2CCOCC2)cc1. The van der Waals surface area contributed by atoms with Crippen molar-refractivity contribution < 1.29 is 9.53 Å². The van der Waals surface area contributed by atoms with Gasteiger partial charge in [-0.15, -0.1) is 11.8 Å². The molecular weight excluding hydrogens is 356 g/mol. The maximum absolute atomic E-state index is 12.5. The van der Waals surface area contributed by atoms with E-state index in [0.717, 1.165) is 37.6 Å². The van der Waals surface area contributed by atoms with Gasteiger partial charge in [-0.3, -0.25) is 4.79 Å². The van der Waals surface area contributed by atoms with Gasteiger partial charge in [0.2, 0.25) is 5.91 Å². The number of morpholine rings is 1. The molecule has 1 heterocycles. The Bertz CT molecular complexity index is 715. The van der Waals surface area contributed by atoms with Crippen LogP contribution in [0.1, 0.15) is 31.0 Å². The molecule has 1 aliphatic rings. The quantitative estimate of drug-likeness (QED) is 0.783. The summed E-state index contributed by atoms with van der Waals surface area (Å²) in [6, 6.07) is 18.7. The number of benzene rings is 2. The Morgan fingerprint density at radius 2 is 1.74 bits per heavy atom. The van der Waals surface area contributed by atoms with Crippen molar-refractivity contribution in [3.8, 4) is 0 Å². The fourth-order valence-electron chi connectivity index (χ4n) is 3.08. The second-order valence-corrected chi connectivity index (χ2v) is 8.19. The van der Waals surface area contributed by atoms with Crippen molar-refractivity contribution in [2.75, 3.05) is 31.2 Å². The maximum atomic E-state index is 12.5. The second kappa shape index (κ2) is 9.81. The number of nitrogens with zero attached hydrogens (tertiary/aromatic N) is 1. The minimum Gasteiger partial charge on any atom is -0.378 e. The lowest BCUT2D eigenvalue weighted by atomic mass is 10.1. The van der Waals surface area contributed by atoms with Crippen molar-refractivity contribution >= 4 is 23.4 Å². The highest BCUT2D eigenvalue weighted by Crippen LogP contribution is 2.22. The van der Waals surface area contributed by atoms with Gasteiger partial charge in [0.1, 0.15) is 0 Å². The molecule has 1 saturated heterocycles. The van der Waals surface area contributed by atoms with Gasteiger partial charge in [-0.1, -0.05) is 42.5 Å². The zero-order valence-electron chi connectivity index (χ0n) is 16.1. The van der Waals surface area contributed by atoms with E-state index in [-0.39, 0.29) is 17.2 Å². The van der Waals surface area contributed by atoms with Gasteiger partial charge >= 0.3 is 0 Å². The average molecular weight is 385 g/mol. The van der Waals surface area contributed by atoms with Crippen molar-refractivity contribution in [1.29, 1.82) is 0 Å². The minimum absolute atomic E-state index is 0.00369. The zero-order valence-corrected chi connectivity index (χ0v) is 16.9. The van der Waals surface area contributed by atoms with E-state index in [2.05, 4.69) is 46.6 Å². The minimum atomic E-state index is -0.0831. The molecule has 1 amide bonds. The number of rotatable bonds is 7. The zero-order chi connectivity index (χ0) is 19.1. The maximum Gasteiger partial charge on any atom is 0.233 e. The Morgan fingerprint density at radius 3 is 2.41 bits per heavy atom. The van der Waals surface area contributed by atoms with E-state index in [1.807, 2.05) is 32.0 Å². The highest BCUT2D eigenvalue weighted by molar-refractivity contribution is 7.99. The van der Waals surface area contributed by atoms with Gasteiger partial charge < -0.3 is 15.0 Å². The van der Waals surface area contributed by atoms with Gasteiger partial charge in [-0.2, -0.15) is 0 Å². The number of hydrogen-bond donors (Lipinski definition) is 1. The highest BCUT2D eigenvalue weighted by Gasteiger charge is 2.17. The van der Waals surface area contributed by atoms with E-state index < -0.39 is 0 Å². The van der Waals surface area contributed by atoms with Crippen LogP contribution in [0.25, 0.3) is 0 Å². The van der Waals surface area contributed by atoms with Crippen LogP contribution in [0.3, 0.4) is 0 Å². The fraction of sp³-hybridized carbons (Fsp3) is 0.409. The van der Waals surface area contributed by atoms with Crippen LogP contribution in [0.5, 0.6) is 0 Å². The van der Waals surface area contributed by atoms with Crippen molar-refractivity contribution in [3.05, 3.63) is 65.7 Å². The normalized spacial score (nSPS) is 16.6. The van der Waals surface area contributed by atoms with Crippen LogP contribution in [0, 0.1) is 0 Å². The molecule has 0 spiro atoms. The Hall–Kier alpha value is -1.98. The van der Waals surface area contributed by atoms with Crippen molar-refractivity contribution in [2.45, 2.75) is 30.9 Å². The number of nitrogens with one attached hydrogen (secondary N) is 1. The average Bonchev–Trinajstić information content (AvgIpc) is 2.73. The molecule has 0 aliphatic carbocycles. The molecule has 2 aromatic rings. The third-order valence-corrected chi connectivity index (χ3v) is 6.05. The number of amides is 1. The molecule has 2 unspecified atom stereocenters. The molecule has 0 bridgehead atoms. The first-order valence-electron chi connectivity index (χ1n) is 9.52. The van der Waals surface area contributed by atoms with E-state index in [0.29, 0.717) is 0 Å². The molecule has 1 fully saturated rings. The van der Waals surface area contributed by atoms with Crippen LogP contribution in [0.2, 0.25) is 0 Å². The molecule has 1 N–H and O–H groups in total. The molecule has 0 aromatic heterocycles. The Morgan fingerprint density at radius 1 is 1.07 bits per heavy atom. The first-order valence-corrected chi connectivity index (χ1v) is 10.6. The van der Waals surface area contributed by atoms with Crippen LogP contribution in [0.15, 0.2) is 54.6 Å². The van der Waals surface area contributed by atoms with E-state index >= 15 is 0 Å². The van der Waals surface area contributed by atoms with Gasteiger partial charge in [0, 0.05) is 24.5 Å². The number of ether oxygens (including phenoxy) is 1. The second-order valence-electron chi connectivity index (χ2n) is 6.86. The smallest absolute Gasteiger partial charge is 0.233 e. The molecule has 0 radical (unpaired) electrons. The molecule has 1 aliphatic heterocycles. The van der Waals surface area contributed by atoms with Gasteiger partial charge in [0.15, 0.2) is 0 Å². The first kappa shape index (κ1) is 19.8. The van der Waals surface area contributed by atoms with Crippen molar-refractivity contribution in [1.82, 2.24) is 5.32 Å². The highest BCUT2D eigenvalue weighted by atomic mass is 32.2. The predicted octanol–water partition coefficient (Wildman–Crippen LogP) is 4.02. The summed E-state index contributed by atoms with van der Waals surface area (Å²) in [5, 5.41) is 3.05. The van der Waals surface area contributed by atoms with Crippen LogP contribution in [-0.4, -0.2) is 37.5 Å². The van der Waals surface area contributed by atoms with Crippen molar-refractivity contribution in [3.63, 3.8) is 0 Å². The predicted molar refractivity (Wildman–Crippen MR) is 113 cm³/mol. The van der Waals surface area contributed by atoms with Crippen LogP contribution < -0.4 is 10.2 Å². The summed E-state index contributed by atoms with van der Waals surface area (Å²) in [5.41, 5.74) is 3.59. The molecule has 4 nitrogen and oxygen atoms in total. The Labute approximate surface area is 166 Å². The topological polar surface area (TPSA) is 41.6 Å². The van der Waals surface area contributed by atoms with E-state index in [1.165, 1.54) is 11.3 Å². The fourth-order valence-corrected chi connectivity index (χ4v) is 3.93. The molecular formula is C22H28N2O2S. The molecule has 2 aromatic carbocycles. The number of anilines is 1. The van der Waals surface area contributed by atoms with Gasteiger partial charge in [-0.05, 0) is 37.1 Å². The third-order valence-electron chi connectivity index (χ3n) is 4.84.